The maximum absolute atomic E-state index is 11.2. The summed E-state index contributed by atoms with van der Waals surface area (Å²) in [5, 5.41) is 11.0. The molecule has 2 aromatic carbocycles. The van der Waals surface area contributed by atoms with Crippen LogP contribution in [0, 0.1) is 0 Å². The van der Waals surface area contributed by atoms with E-state index >= 15 is 0 Å². The first-order valence-electron chi connectivity index (χ1n) is 4.44. The topological polar surface area (TPSA) is 75.3 Å². The number of carbonyl (C=O) groups is 1. The maximum atomic E-state index is 11.2. The summed E-state index contributed by atoms with van der Waals surface area (Å²) < 4.78 is 0. The van der Waals surface area contributed by atoms with E-state index in [1.54, 1.807) is 36.4 Å². The monoisotopic (exact) mass is 238 g/mol. The number of amides is 1. The van der Waals surface area contributed by atoms with Crippen molar-refractivity contribution in [2.45, 2.75) is 0 Å². The molecule has 4 N–H and O–H groups in total. The number of rotatable bonds is 1. The summed E-state index contributed by atoms with van der Waals surface area (Å²) in [6, 6.07) is 10.1. The van der Waals surface area contributed by atoms with Crippen molar-refractivity contribution in [2.24, 2.45) is 5.84 Å². The Balaban J connectivity index is 0.00000128. The summed E-state index contributed by atoms with van der Waals surface area (Å²) in [6.45, 7) is 0. The molecule has 0 aliphatic heterocycles. The number of nitrogens with one attached hydrogen (secondary N) is 1. The lowest BCUT2D eigenvalue weighted by atomic mass is 10.1. The zero-order chi connectivity index (χ0) is 10.8. The van der Waals surface area contributed by atoms with Crippen molar-refractivity contribution >= 4 is 29.1 Å². The number of halogens is 1. The molecule has 0 aromatic heterocycles. The minimum atomic E-state index is -0.329. The van der Waals surface area contributed by atoms with Gasteiger partial charge in [0.2, 0.25) is 0 Å². The Labute approximate surface area is 98.4 Å². The Morgan fingerprint density at radius 2 is 1.75 bits per heavy atom. The number of nitrogen functional groups attached to an aromatic ring is 1. The van der Waals surface area contributed by atoms with Gasteiger partial charge >= 0.3 is 0 Å². The molecular weight excluding hydrogens is 228 g/mol. The third-order valence-electron chi connectivity index (χ3n) is 2.22. The molecule has 0 saturated carbocycles. The molecule has 0 heterocycles. The molecule has 0 aliphatic carbocycles. The van der Waals surface area contributed by atoms with Gasteiger partial charge in [0.15, 0.2) is 0 Å². The van der Waals surface area contributed by atoms with Crippen LogP contribution in [0.25, 0.3) is 10.8 Å². The predicted molar refractivity (Wildman–Crippen MR) is 64.5 cm³/mol. The number of carbonyl (C=O) groups excluding carboxylic acids is 1. The van der Waals surface area contributed by atoms with Crippen LogP contribution in [-0.4, -0.2) is 11.0 Å². The zero-order valence-electron chi connectivity index (χ0n) is 8.31. The van der Waals surface area contributed by atoms with E-state index in [2.05, 4.69) is 5.43 Å². The lowest BCUT2D eigenvalue weighted by molar-refractivity contribution is 0.0954. The van der Waals surface area contributed by atoms with Crippen LogP contribution < -0.4 is 11.3 Å². The highest BCUT2D eigenvalue weighted by atomic mass is 35.5. The van der Waals surface area contributed by atoms with Crippen LogP contribution in [0.15, 0.2) is 36.4 Å². The zero-order valence-corrected chi connectivity index (χ0v) is 9.12. The SMILES string of the molecule is Cl.NNC(=O)c1ccc2cc(O)ccc2c1. The molecule has 0 bridgehead atoms. The van der Waals surface area contributed by atoms with Crippen molar-refractivity contribution in [1.82, 2.24) is 5.43 Å². The average molecular weight is 239 g/mol. The average Bonchev–Trinajstić information content (AvgIpc) is 2.27. The molecule has 84 valence electrons. The Morgan fingerprint density at radius 3 is 2.44 bits per heavy atom. The van der Waals surface area contributed by atoms with Gasteiger partial charge in [-0.15, -0.1) is 12.4 Å². The first kappa shape index (κ1) is 12.3. The van der Waals surface area contributed by atoms with E-state index in [9.17, 15) is 9.90 Å². The molecule has 4 nitrogen and oxygen atoms in total. The molecule has 0 saturated heterocycles. The molecule has 2 rings (SSSR count). The normalized spacial score (nSPS) is 9.56. The second-order valence-corrected chi connectivity index (χ2v) is 3.22. The van der Waals surface area contributed by atoms with Gasteiger partial charge in [0, 0.05) is 5.56 Å². The first-order chi connectivity index (χ1) is 7.20. The van der Waals surface area contributed by atoms with E-state index in [1.165, 1.54) is 0 Å². The van der Waals surface area contributed by atoms with Gasteiger partial charge in [0.1, 0.15) is 5.75 Å². The van der Waals surface area contributed by atoms with Gasteiger partial charge in [-0.25, -0.2) is 5.84 Å². The van der Waals surface area contributed by atoms with Crippen LogP contribution in [0.2, 0.25) is 0 Å². The van der Waals surface area contributed by atoms with E-state index in [0.717, 1.165) is 10.8 Å². The van der Waals surface area contributed by atoms with Crippen LogP contribution in [-0.2, 0) is 0 Å². The minimum Gasteiger partial charge on any atom is -0.508 e. The van der Waals surface area contributed by atoms with Crippen molar-refractivity contribution in [1.29, 1.82) is 0 Å². The maximum Gasteiger partial charge on any atom is 0.265 e. The molecule has 0 spiro atoms. The lowest BCUT2D eigenvalue weighted by Crippen LogP contribution is -2.29. The Hall–Kier alpha value is -1.78. The first-order valence-corrected chi connectivity index (χ1v) is 4.44. The third-order valence-corrected chi connectivity index (χ3v) is 2.22. The fraction of sp³-hybridized carbons (Fsp3) is 0. The van der Waals surface area contributed by atoms with Crippen molar-refractivity contribution in [2.75, 3.05) is 0 Å². The summed E-state index contributed by atoms with van der Waals surface area (Å²) in [4.78, 5) is 11.2. The van der Waals surface area contributed by atoms with Crippen molar-refractivity contribution in [3.63, 3.8) is 0 Å². The molecule has 0 unspecified atom stereocenters. The number of nitrogens with two attached hydrogens (primary N) is 1. The summed E-state index contributed by atoms with van der Waals surface area (Å²) >= 11 is 0. The lowest BCUT2D eigenvalue weighted by Gasteiger charge is -2.02. The quantitative estimate of drug-likeness (QED) is 0.401. The summed E-state index contributed by atoms with van der Waals surface area (Å²) in [7, 11) is 0. The van der Waals surface area contributed by atoms with Gasteiger partial charge in [-0.1, -0.05) is 12.1 Å². The number of hydrogen-bond donors (Lipinski definition) is 3. The smallest absolute Gasteiger partial charge is 0.265 e. The molecule has 0 fully saturated rings. The molecule has 5 heteroatoms. The van der Waals surface area contributed by atoms with Gasteiger partial charge in [-0.05, 0) is 35.0 Å². The molecule has 1 amide bonds. The molecule has 16 heavy (non-hydrogen) atoms. The summed E-state index contributed by atoms with van der Waals surface area (Å²) in [5.74, 6) is 4.91. The fourth-order valence-corrected chi connectivity index (χ4v) is 1.46. The van der Waals surface area contributed by atoms with E-state index < -0.39 is 0 Å². The van der Waals surface area contributed by atoms with Gasteiger partial charge in [-0.3, -0.25) is 10.2 Å². The summed E-state index contributed by atoms with van der Waals surface area (Å²) in [6.07, 6.45) is 0. The third kappa shape index (κ3) is 2.24. The molecular formula is C11H11ClN2O2. The molecule has 0 aliphatic rings. The van der Waals surface area contributed by atoms with E-state index in [0.29, 0.717) is 5.56 Å². The number of hydrazine groups is 1. The van der Waals surface area contributed by atoms with Crippen molar-refractivity contribution in [3.05, 3.63) is 42.0 Å². The summed E-state index contributed by atoms with van der Waals surface area (Å²) in [5.41, 5.74) is 2.57. The molecule has 2 aromatic rings. The number of hydrogen-bond acceptors (Lipinski definition) is 3. The predicted octanol–water partition coefficient (Wildman–Crippen LogP) is 1.57. The fourth-order valence-electron chi connectivity index (χ4n) is 1.46. The van der Waals surface area contributed by atoms with E-state index in [4.69, 9.17) is 5.84 Å². The molecule has 0 atom stereocenters. The highest BCUT2D eigenvalue weighted by molar-refractivity contribution is 5.98. The van der Waals surface area contributed by atoms with Gasteiger partial charge in [-0.2, -0.15) is 0 Å². The van der Waals surface area contributed by atoms with Crippen molar-refractivity contribution in [3.8, 4) is 5.75 Å². The second kappa shape index (κ2) is 4.83. The second-order valence-electron chi connectivity index (χ2n) is 3.22. The van der Waals surface area contributed by atoms with Crippen LogP contribution in [0.4, 0.5) is 0 Å². The number of fused-ring (bicyclic) bond motifs is 1. The number of aromatic hydroxyl groups is 1. The van der Waals surface area contributed by atoms with Gasteiger partial charge in [0.05, 0.1) is 0 Å². The van der Waals surface area contributed by atoms with Crippen LogP contribution in [0.3, 0.4) is 0 Å². The van der Waals surface area contributed by atoms with E-state index in [-0.39, 0.29) is 24.1 Å². The Bertz CT molecular complexity index is 528. The minimum absolute atomic E-state index is 0. The van der Waals surface area contributed by atoms with Gasteiger partial charge < -0.3 is 5.11 Å². The highest BCUT2D eigenvalue weighted by Gasteiger charge is 2.04. The Morgan fingerprint density at radius 1 is 1.12 bits per heavy atom. The molecule has 0 radical (unpaired) electrons. The van der Waals surface area contributed by atoms with E-state index in [1.807, 2.05) is 0 Å². The Kier molecular flexibility index (Phi) is 3.71. The van der Waals surface area contributed by atoms with Crippen LogP contribution in [0.1, 0.15) is 10.4 Å². The van der Waals surface area contributed by atoms with Crippen LogP contribution in [0.5, 0.6) is 5.75 Å². The van der Waals surface area contributed by atoms with Crippen LogP contribution >= 0.6 is 12.4 Å². The highest BCUT2D eigenvalue weighted by Crippen LogP contribution is 2.20. The number of benzene rings is 2. The van der Waals surface area contributed by atoms with Crippen molar-refractivity contribution < 1.29 is 9.90 Å². The number of phenols is 1. The van der Waals surface area contributed by atoms with Gasteiger partial charge in [0.25, 0.3) is 5.91 Å². The standard InChI is InChI=1S/C11H10N2O2.ClH/c12-13-11(15)9-2-1-8-6-10(14)4-3-7(8)5-9;/h1-6,14H,12H2,(H,13,15);1H. The largest absolute Gasteiger partial charge is 0.508 e. The number of phenolic OH excluding ortho intramolecular Hbond substituents is 1.